The summed E-state index contributed by atoms with van der Waals surface area (Å²) in [4.78, 5) is 23.2. The molecule has 4 aliphatic heterocycles. The zero-order chi connectivity index (χ0) is 20.1. The van der Waals surface area contributed by atoms with Crippen LogP contribution < -0.4 is 0 Å². The Labute approximate surface area is 160 Å². The molecule has 4 saturated heterocycles. The highest BCUT2D eigenvalue weighted by molar-refractivity contribution is 5.92. The largest absolute Gasteiger partial charge is 0.344 e. The fourth-order valence-electron chi connectivity index (χ4n) is 3.69. The molecule has 1 spiro atoms. The minimum absolute atomic E-state index is 0.0891. The molecule has 0 N–H and O–H groups in total. The van der Waals surface area contributed by atoms with Gasteiger partial charge in [-0.25, -0.2) is 0 Å². The van der Waals surface area contributed by atoms with Gasteiger partial charge in [-0.15, -0.1) is 0 Å². The number of carbonyl (C=O) groups excluding carboxylic acids is 2. The van der Waals surface area contributed by atoms with E-state index in [1.807, 2.05) is 0 Å². The van der Waals surface area contributed by atoms with Crippen molar-refractivity contribution in [2.24, 2.45) is 0 Å². The van der Waals surface area contributed by atoms with Crippen molar-refractivity contribution >= 4 is 11.6 Å². The van der Waals surface area contributed by atoms with Crippen molar-refractivity contribution in [3.63, 3.8) is 0 Å². The number of likely N-dealkylation sites (tertiary alicyclic amines) is 1. The molecule has 3 atom stereocenters. The maximum atomic E-state index is 12.5. The van der Waals surface area contributed by atoms with Crippen LogP contribution in [0, 0.1) is 0 Å². The van der Waals surface area contributed by atoms with Gasteiger partial charge in [-0.1, -0.05) is 0 Å². The predicted octanol–water partition coefficient (Wildman–Crippen LogP) is 1.01. The number of piperidine rings is 1. The molecule has 0 saturated carbocycles. The van der Waals surface area contributed by atoms with Crippen molar-refractivity contribution in [2.75, 3.05) is 40.4 Å². The fourth-order valence-corrected chi connectivity index (χ4v) is 3.69. The van der Waals surface area contributed by atoms with Gasteiger partial charge in [-0.2, -0.15) is 0 Å². The maximum absolute atomic E-state index is 12.5. The number of quaternary nitrogens is 1. The molecular formula is C19H32NO7+. The van der Waals surface area contributed by atoms with E-state index in [9.17, 15) is 9.59 Å². The van der Waals surface area contributed by atoms with Crippen LogP contribution in [0.2, 0.25) is 0 Å². The third kappa shape index (κ3) is 4.58. The Kier molecular flexibility index (Phi) is 5.29. The van der Waals surface area contributed by atoms with Crippen LogP contribution in [-0.4, -0.2) is 86.0 Å². The molecule has 8 heteroatoms. The third-order valence-corrected chi connectivity index (χ3v) is 5.31. The number of carbonyl (C=O) groups is 2. The molecular weight excluding hydrogens is 354 g/mol. The fraction of sp³-hybridized carbons (Fsp3) is 0.895. The minimum Gasteiger partial charge on any atom is -0.344 e. The molecule has 0 aromatic heterocycles. The van der Waals surface area contributed by atoms with Gasteiger partial charge in [-0.3, -0.25) is 9.59 Å². The molecule has 3 unspecified atom stereocenters. The zero-order valence-corrected chi connectivity index (χ0v) is 17.2. The minimum atomic E-state index is -1.34. The van der Waals surface area contributed by atoms with Crippen molar-refractivity contribution in [2.45, 2.75) is 70.1 Å². The van der Waals surface area contributed by atoms with Crippen LogP contribution in [0.3, 0.4) is 0 Å². The van der Waals surface area contributed by atoms with Gasteiger partial charge in [0, 0.05) is 0 Å². The number of fused-ring (bicyclic) bond motifs is 1. The molecule has 0 amide bonds. The normalized spacial score (nSPS) is 39.0. The lowest BCUT2D eigenvalue weighted by atomic mass is 9.99. The quantitative estimate of drug-likeness (QED) is 0.575. The van der Waals surface area contributed by atoms with E-state index in [2.05, 4.69) is 14.1 Å². The Balaban J connectivity index is 0.000000197. The number of hydrogen-bond acceptors (Lipinski definition) is 7. The zero-order valence-electron chi connectivity index (χ0n) is 17.2. The highest BCUT2D eigenvalue weighted by Crippen LogP contribution is 2.41. The summed E-state index contributed by atoms with van der Waals surface area (Å²) in [6.45, 7) is 9.46. The van der Waals surface area contributed by atoms with Crippen LogP contribution in [0.15, 0.2) is 0 Å². The molecule has 4 heterocycles. The van der Waals surface area contributed by atoms with Crippen LogP contribution in [0.1, 0.15) is 40.5 Å². The van der Waals surface area contributed by atoms with E-state index >= 15 is 0 Å². The van der Waals surface area contributed by atoms with Gasteiger partial charge in [0.1, 0.15) is 18.5 Å². The van der Waals surface area contributed by atoms with Crippen LogP contribution >= 0.6 is 0 Å². The third-order valence-electron chi connectivity index (χ3n) is 5.31. The lowest BCUT2D eigenvalue weighted by Gasteiger charge is -2.35. The molecule has 0 radical (unpaired) electrons. The molecule has 4 aliphatic rings. The number of ketones is 2. The second kappa shape index (κ2) is 6.86. The highest BCUT2D eigenvalue weighted by Gasteiger charge is 2.62. The standard InChI is InChI=1S/C12H18O6.C7H14NO/c1-10(2)15-6-12(18-10)9(13)8-7(5-14-12)16-11(3,4)17-8;1-8(2)5-3-7(9)4-6-8/h7-8H,5-6H2,1-4H3;3-6H2,1-2H3/q;+1. The molecule has 0 aliphatic carbocycles. The summed E-state index contributed by atoms with van der Waals surface area (Å²) in [6.07, 6.45) is 0.552. The van der Waals surface area contributed by atoms with E-state index in [4.69, 9.17) is 23.7 Å². The molecule has 0 aromatic rings. The summed E-state index contributed by atoms with van der Waals surface area (Å²) in [7, 11) is 4.35. The van der Waals surface area contributed by atoms with Gasteiger partial charge in [-0.05, 0) is 27.7 Å². The van der Waals surface area contributed by atoms with Gasteiger partial charge in [0.05, 0.1) is 46.6 Å². The number of nitrogens with zero attached hydrogens (tertiary/aromatic N) is 1. The first kappa shape index (κ1) is 20.8. The van der Waals surface area contributed by atoms with Crippen LogP contribution in [-0.2, 0) is 33.3 Å². The first-order valence-corrected chi connectivity index (χ1v) is 9.55. The molecule has 27 heavy (non-hydrogen) atoms. The van der Waals surface area contributed by atoms with Crippen molar-refractivity contribution in [1.29, 1.82) is 0 Å². The monoisotopic (exact) mass is 386 g/mol. The Bertz CT molecular complexity index is 601. The first-order chi connectivity index (χ1) is 12.3. The van der Waals surface area contributed by atoms with Gasteiger partial charge in [0.2, 0.25) is 5.78 Å². The molecule has 8 nitrogen and oxygen atoms in total. The average molecular weight is 386 g/mol. The van der Waals surface area contributed by atoms with Gasteiger partial charge in [0.25, 0.3) is 5.79 Å². The summed E-state index contributed by atoms with van der Waals surface area (Å²) in [5.74, 6) is -2.75. The molecule has 154 valence electrons. The van der Waals surface area contributed by atoms with Gasteiger partial charge >= 0.3 is 0 Å². The molecule has 4 rings (SSSR count). The summed E-state index contributed by atoms with van der Waals surface area (Å²) in [5, 5.41) is 0. The second-order valence-corrected chi connectivity index (χ2v) is 9.23. The van der Waals surface area contributed by atoms with Crippen LogP contribution in [0.25, 0.3) is 0 Å². The molecule has 0 aromatic carbocycles. The molecule has 0 bridgehead atoms. The Morgan fingerprint density at radius 3 is 2.07 bits per heavy atom. The topological polar surface area (TPSA) is 80.3 Å². The van der Waals surface area contributed by atoms with Crippen molar-refractivity contribution in [3.8, 4) is 0 Å². The predicted molar refractivity (Wildman–Crippen MR) is 94.7 cm³/mol. The van der Waals surface area contributed by atoms with E-state index in [1.54, 1.807) is 27.7 Å². The summed E-state index contributed by atoms with van der Waals surface area (Å²) >= 11 is 0. The second-order valence-electron chi connectivity index (χ2n) is 9.23. The maximum Gasteiger partial charge on any atom is 0.258 e. The van der Waals surface area contributed by atoms with Crippen LogP contribution in [0.5, 0.6) is 0 Å². The van der Waals surface area contributed by atoms with E-state index in [-0.39, 0.29) is 25.1 Å². The van der Waals surface area contributed by atoms with E-state index < -0.39 is 23.5 Å². The van der Waals surface area contributed by atoms with E-state index in [1.165, 1.54) is 0 Å². The lowest BCUT2D eigenvalue weighted by molar-refractivity contribution is -0.891. The smallest absolute Gasteiger partial charge is 0.258 e. The van der Waals surface area contributed by atoms with Gasteiger partial charge < -0.3 is 28.2 Å². The number of ether oxygens (including phenoxy) is 5. The SMILES string of the molecule is CC1(C)OC2COC3(COC(C)(C)O3)C(=O)C2O1.C[N+]1(C)CCC(=O)CC1. The average Bonchev–Trinajstić information content (AvgIpc) is 3.04. The van der Waals surface area contributed by atoms with Crippen molar-refractivity contribution in [1.82, 2.24) is 0 Å². The Morgan fingerprint density at radius 2 is 1.56 bits per heavy atom. The van der Waals surface area contributed by atoms with E-state index in [0.717, 1.165) is 30.4 Å². The number of Topliss-reactive ketones (excluding diaryl/α,β-unsaturated/α-hetero) is 2. The summed E-state index contributed by atoms with van der Waals surface area (Å²) in [6, 6.07) is 0. The number of rotatable bonds is 0. The van der Waals surface area contributed by atoms with Crippen molar-refractivity contribution < 1.29 is 37.8 Å². The molecule has 4 fully saturated rings. The Hall–Kier alpha value is -0.900. The van der Waals surface area contributed by atoms with Crippen LogP contribution in [0.4, 0.5) is 0 Å². The van der Waals surface area contributed by atoms with Crippen molar-refractivity contribution in [3.05, 3.63) is 0 Å². The highest BCUT2D eigenvalue weighted by atomic mass is 16.8. The summed E-state index contributed by atoms with van der Waals surface area (Å²) in [5.41, 5.74) is 0. The first-order valence-electron chi connectivity index (χ1n) is 9.55. The lowest BCUT2D eigenvalue weighted by Crippen LogP contribution is -2.58. The Morgan fingerprint density at radius 1 is 0.926 bits per heavy atom. The van der Waals surface area contributed by atoms with Gasteiger partial charge in [0.15, 0.2) is 17.7 Å². The summed E-state index contributed by atoms with van der Waals surface area (Å²) < 4.78 is 28.9. The number of hydrogen-bond donors (Lipinski definition) is 0. The van der Waals surface area contributed by atoms with E-state index in [0.29, 0.717) is 5.78 Å².